The lowest BCUT2D eigenvalue weighted by atomic mass is 10.2. The van der Waals surface area contributed by atoms with E-state index in [1.54, 1.807) is 0 Å². The second kappa shape index (κ2) is 5.68. The van der Waals surface area contributed by atoms with Crippen molar-refractivity contribution < 1.29 is 19.5 Å². The number of rotatable bonds is 4. The van der Waals surface area contributed by atoms with E-state index in [4.69, 9.17) is 5.11 Å². The first kappa shape index (κ1) is 14.0. The van der Waals surface area contributed by atoms with E-state index in [0.717, 1.165) is 11.3 Å². The van der Waals surface area contributed by atoms with Crippen LogP contribution in [-0.4, -0.2) is 62.1 Å². The van der Waals surface area contributed by atoms with Crippen LogP contribution in [0.15, 0.2) is 0 Å². The lowest BCUT2D eigenvalue weighted by Gasteiger charge is -2.31. The van der Waals surface area contributed by atoms with Crippen molar-refractivity contribution >= 4 is 17.8 Å². The Morgan fingerprint density at radius 3 is 2.90 bits per heavy atom. The van der Waals surface area contributed by atoms with E-state index in [9.17, 15) is 14.4 Å². The molecule has 0 aromatic carbocycles. The number of hydrogen-bond acceptors (Lipinski definition) is 5. The highest BCUT2D eigenvalue weighted by Gasteiger charge is 2.37. The molecule has 0 bridgehead atoms. The van der Waals surface area contributed by atoms with Crippen LogP contribution in [0.1, 0.15) is 29.8 Å². The third-order valence-corrected chi connectivity index (χ3v) is 2.94. The molecule has 0 saturated carbocycles. The first-order chi connectivity index (χ1) is 9.52. The van der Waals surface area contributed by atoms with Gasteiger partial charge in [0.25, 0.3) is 5.91 Å². The number of aryl methyl sites for hydroxylation is 1. The highest BCUT2D eigenvalue weighted by Crippen LogP contribution is 2.09. The monoisotopic (exact) mass is 281 g/mol. The van der Waals surface area contributed by atoms with Gasteiger partial charge in [-0.3, -0.25) is 14.7 Å². The van der Waals surface area contributed by atoms with Crippen LogP contribution in [0.3, 0.4) is 0 Å². The highest BCUT2D eigenvalue weighted by atomic mass is 16.4. The fourth-order valence-electron chi connectivity index (χ4n) is 1.94. The Kier molecular flexibility index (Phi) is 3.97. The molecule has 20 heavy (non-hydrogen) atoms. The number of nitrogens with zero attached hydrogens (tertiary/aromatic N) is 3. The summed E-state index contributed by atoms with van der Waals surface area (Å²) in [5.74, 6) is -1.80. The summed E-state index contributed by atoms with van der Waals surface area (Å²) in [6.07, 6.45) is 1.48. The summed E-state index contributed by atoms with van der Waals surface area (Å²) in [6, 6.07) is -1.10. The quantitative estimate of drug-likeness (QED) is 0.634. The van der Waals surface area contributed by atoms with E-state index in [1.807, 2.05) is 6.92 Å². The van der Waals surface area contributed by atoms with Gasteiger partial charge in [-0.1, -0.05) is 6.92 Å². The molecule has 108 valence electrons. The maximum atomic E-state index is 12.2. The summed E-state index contributed by atoms with van der Waals surface area (Å²) in [4.78, 5) is 39.7. The topological polar surface area (TPSA) is 128 Å². The molecule has 9 nitrogen and oxygen atoms in total. The molecule has 1 atom stereocenters. The average molecular weight is 281 g/mol. The molecule has 1 aromatic rings. The van der Waals surface area contributed by atoms with E-state index in [-0.39, 0.29) is 18.9 Å². The first-order valence-corrected chi connectivity index (χ1v) is 6.24. The molecule has 1 aliphatic rings. The van der Waals surface area contributed by atoms with Crippen LogP contribution in [-0.2, 0) is 16.0 Å². The van der Waals surface area contributed by atoms with Gasteiger partial charge in [0.05, 0.1) is 0 Å². The van der Waals surface area contributed by atoms with Gasteiger partial charge >= 0.3 is 5.97 Å². The zero-order valence-corrected chi connectivity index (χ0v) is 10.9. The molecule has 1 fully saturated rings. The minimum atomic E-state index is -1.18. The predicted molar refractivity (Wildman–Crippen MR) is 65.8 cm³/mol. The molecular weight excluding hydrogens is 266 g/mol. The van der Waals surface area contributed by atoms with Gasteiger partial charge in [-0.15, -0.1) is 5.10 Å². The molecule has 1 aromatic heterocycles. The summed E-state index contributed by atoms with van der Waals surface area (Å²) in [7, 11) is 0. The number of aromatic amines is 1. The smallest absolute Gasteiger partial charge is 0.328 e. The molecule has 2 amide bonds. The third-order valence-electron chi connectivity index (χ3n) is 2.94. The number of carboxylic acids is 1. The molecule has 3 N–H and O–H groups in total. The summed E-state index contributed by atoms with van der Waals surface area (Å²) < 4.78 is 0. The Hall–Kier alpha value is -2.45. The summed E-state index contributed by atoms with van der Waals surface area (Å²) in [5, 5.41) is 17.9. The molecule has 0 spiro atoms. The van der Waals surface area contributed by atoms with Gasteiger partial charge in [0.1, 0.15) is 18.4 Å². The Morgan fingerprint density at radius 1 is 1.50 bits per heavy atom. The fourth-order valence-corrected chi connectivity index (χ4v) is 1.94. The number of amides is 2. The van der Waals surface area contributed by atoms with Crippen LogP contribution >= 0.6 is 0 Å². The van der Waals surface area contributed by atoms with Crippen molar-refractivity contribution in [2.24, 2.45) is 0 Å². The van der Waals surface area contributed by atoms with Crippen LogP contribution in [0.2, 0.25) is 0 Å². The number of aromatic nitrogens is 3. The zero-order valence-electron chi connectivity index (χ0n) is 10.9. The van der Waals surface area contributed by atoms with E-state index in [2.05, 4.69) is 20.5 Å². The van der Waals surface area contributed by atoms with E-state index in [0.29, 0.717) is 12.2 Å². The van der Waals surface area contributed by atoms with Crippen molar-refractivity contribution in [3.63, 3.8) is 0 Å². The summed E-state index contributed by atoms with van der Waals surface area (Å²) >= 11 is 0. The number of hydrogen-bond donors (Lipinski definition) is 3. The Labute approximate surface area is 114 Å². The molecule has 0 radical (unpaired) electrons. The first-order valence-electron chi connectivity index (χ1n) is 6.24. The van der Waals surface area contributed by atoms with Gasteiger partial charge in [0.15, 0.2) is 0 Å². The lowest BCUT2D eigenvalue weighted by molar-refractivity contribution is -0.144. The molecule has 1 unspecified atom stereocenters. The minimum absolute atomic E-state index is 0.116. The van der Waals surface area contributed by atoms with E-state index >= 15 is 0 Å². The largest absolute Gasteiger partial charge is 0.480 e. The fraction of sp³-hybridized carbons (Fsp3) is 0.545. The normalized spacial score (nSPS) is 18.8. The zero-order chi connectivity index (χ0) is 14.7. The summed E-state index contributed by atoms with van der Waals surface area (Å²) in [6.45, 7) is 1.53. The Morgan fingerprint density at radius 2 is 2.25 bits per heavy atom. The second-order valence-corrected chi connectivity index (χ2v) is 4.45. The molecule has 1 aliphatic heterocycles. The predicted octanol–water partition coefficient (Wildman–Crippen LogP) is -1.22. The van der Waals surface area contributed by atoms with Gasteiger partial charge in [-0.2, -0.15) is 0 Å². The molecule has 2 heterocycles. The number of carbonyl (C=O) groups is 3. The van der Waals surface area contributed by atoms with Crippen LogP contribution in [0, 0.1) is 0 Å². The molecule has 0 aliphatic carbocycles. The van der Waals surface area contributed by atoms with Crippen LogP contribution < -0.4 is 5.32 Å². The summed E-state index contributed by atoms with van der Waals surface area (Å²) in [5.41, 5.74) is 0. The second-order valence-electron chi connectivity index (χ2n) is 4.45. The van der Waals surface area contributed by atoms with Gasteiger partial charge < -0.3 is 15.3 Å². The number of H-pyrrole nitrogens is 1. The maximum Gasteiger partial charge on any atom is 0.328 e. The van der Waals surface area contributed by atoms with Crippen molar-refractivity contribution in [1.82, 2.24) is 25.4 Å². The van der Waals surface area contributed by atoms with Crippen molar-refractivity contribution in [3.05, 3.63) is 11.6 Å². The molecule has 2 rings (SSSR count). The number of carbonyl (C=O) groups excluding carboxylic acids is 2. The standard InChI is InChI=1S/C11H15N5O4/c1-2-3-7-13-9(15-14-7)10(18)16-5-8(17)12-4-6(16)11(19)20/h6H,2-5H2,1H3,(H,12,17)(H,19,20)(H,13,14,15). The third kappa shape index (κ3) is 2.76. The molecule has 1 saturated heterocycles. The van der Waals surface area contributed by atoms with Crippen molar-refractivity contribution in [1.29, 1.82) is 0 Å². The van der Waals surface area contributed by atoms with Gasteiger partial charge in [-0.05, 0) is 6.42 Å². The molecular formula is C11H15N5O4. The number of nitrogens with one attached hydrogen (secondary N) is 2. The highest BCUT2D eigenvalue weighted by molar-refractivity contribution is 5.97. The van der Waals surface area contributed by atoms with Crippen LogP contribution in [0.5, 0.6) is 0 Å². The van der Waals surface area contributed by atoms with Gasteiger partial charge in [-0.25, -0.2) is 9.78 Å². The van der Waals surface area contributed by atoms with Crippen molar-refractivity contribution in [3.8, 4) is 0 Å². The van der Waals surface area contributed by atoms with Crippen molar-refractivity contribution in [2.45, 2.75) is 25.8 Å². The number of aliphatic carboxylic acids is 1. The van der Waals surface area contributed by atoms with Gasteiger partial charge in [0, 0.05) is 13.0 Å². The number of carboxylic acid groups (broad SMARTS) is 1. The SMILES string of the molecule is CCCc1nc(C(=O)N2CC(=O)NCC2C(=O)O)n[nH]1. The van der Waals surface area contributed by atoms with Crippen LogP contribution in [0.4, 0.5) is 0 Å². The number of piperazine rings is 1. The maximum absolute atomic E-state index is 12.2. The van der Waals surface area contributed by atoms with Gasteiger partial charge in [0.2, 0.25) is 11.7 Å². The Balaban J connectivity index is 2.19. The molecule has 9 heteroatoms. The van der Waals surface area contributed by atoms with E-state index < -0.39 is 23.8 Å². The lowest BCUT2D eigenvalue weighted by Crippen LogP contribution is -2.59. The minimum Gasteiger partial charge on any atom is -0.480 e. The van der Waals surface area contributed by atoms with E-state index in [1.165, 1.54) is 0 Å². The average Bonchev–Trinajstić information content (AvgIpc) is 2.86. The Bertz CT molecular complexity index is 541. The van der Waals surface area contributed by atoms with Crippen molar-refractivity contribution in [2.75, 3.05) is 13.1 Å². The van der Waals surface area contributed by atoms with Crippen LogP contribution in [0.25, 0.3) is 0 Å².